The molecular formula is C10H15ClN6O3. The second-order valence-electron chi connectivity index (χ2n) is 3.92. The number of nitrogens with two attached hydrogens (primary N) is 1. The number of primary amides is 1. The first-order chi connectivity index (χ1) is 9.65. The van der Waals surface area contributed by atoms with Crippen LogP contribution in [0.3, 0.4) is 0 Å². The summed E-state index contributed by atoms with van der Waals surface area (Å²) < 4.78 is 9.85. The standard InChI is InChI=1S/C10H15ClN6O3/c11-7-14-9(13-1-4-20-8(12)18)16-10(15-7)17-2-5-19-6-3-17/h1-6H2,(H2,12,18)(H,13,14,15,16). The molecule has 1 aromatic rings. The number of hydrogen-bond acceptors (Lipinski definition) is 8. The van der Waals surface area contributed by atoms with E-state index in [9.17, 15) is 4.79 Å². The number of hydrogen-bond donors (Lipinski definition) is 2. The molecule has 0 saturated carbocycles. The largest absolute Gasteiger partial charge is 0.448 e. The SMILES string of the molecule is NC(=O)OCCNc1nc(Cl)nc(N2CCOCC2)n1. The quantitative estimate of drug-likeness (QED) is 0.723. The summed E-state index contributed by atoms with van der Waals surface area (Å²) in [4.78, 5) is 24.7. The predicted octanol–water partition coefficient (Wildman–Crippen LogP) is -0.131. The van der Waals surface area contributed by atoms with Crippen molar-refractivity contribution in [1.29, 1.82) is 0 Å². The number of nitrogens with zero attached hydrogens (tertiary/aromatic N) is 4. The van der Waals surface area contributed by atoms with Gasteiger partial charge in [0.25, 0.3) is 0 Å². The van der Waals surface area contributed by atoms with Crippen molar-refractivity contribution in [1.82, 2.24) is 15.0 Å². The summed E-state index contributed by atoms with van der Waals surface area (Å²) in [6.45, 7) is 3.09. The zero-order chi connectivity index (χ0) is 14.4. The Morgan fingerprint density at radius 1 is 1.40 bits per heavy atom. The van der Waals surface area contributed by atoms with Gasteiger partial charge in [-0.1, -0.05) is 0 Å². The van der Waals surface area contributed by atoms with Crippen molar-refractivity contribution in [3.05, 3.63) is 5.28 Å². The smallest absolute Gasteiger partial charge is 0.404 e. The first kappa shape index (κ1) is 14.5. The highest BCUT2D eigenvalue weighted by molar-refractivity contribution is 6.28. The molecule has 0 aliphatic carbocycles. The summed E-state index contributed by atoms with van der Waals surface area (Å²) in [5.41, 5.74) is 4.85. The Hall–Kier alpha value is -1.87. The second kappa shape index (κ2) is 7.06. The molecule has 0 radical (unpaired) electrons. The number of nitrogens with one attached hydrogen (secondary N) is 1. The summed E-state index contributed by atoms with van der Waals surface area (Å²) in [6.07, 6.45) is -0.825. The number of carbonyl (C=O) groups excluding carboxylic acids is 1. The Morgan fingerprint density at radius 2 is 2.15 bits per heavy atom. The number of ether oxygens (including phenoxy) is 2. The van der Waals surface area contributed by atoms with Gasteiger partial charge in [0.15, 0.2) is 0 Å². The Morgan fingerprint density at radius 3 is 2.85 bits per heavy atom. The molecule has 1 aromatic heterocycles. The number of halogens is 1. The number of aromatic nitrogens is 3. The minimum Gasteiger partial charge on any atom is -0.448 e. The van der Waals surface area contributed by atoms with E-state index in [1.807, 2.05) is 4.90 Å². The molecule has 1 amide bonds. The molecule has 1 saturated heterocycles. The van der Waals surface area contributed by atoms with Gasteiger partial charge in [0, 0.05) is 13.1 Å². The van der Waals surface area contributed by atoms with Crippen molar-refractivity contribution in [2.75, 3.05) is 49.7 Å². The molecule has 0 spiro atoms. The Bertz CT molecular complexity index is 468. The Labute approximate surface area is 120 Å². The van der Waals surface area contributed by atoms with Crippen LogP contribution in [0.2, 0.25) is 5.28 Å². The van der Waals surface area contributed by atoms with Gasteiger partial charge >= 0.3 is 6.09 Å². The van der Waals surface area contributed by atoms with Crippen molar-refractivity contribution in [2.45, 2.75) is 0 Å². The van der Waals surface area contributed by atoms with Crippen molar-refractivity contribution in [3.8, 4) is 0 Å². The first-order valence-electron chi connectivity index (χ1n) is 6.05. The summed E-state index contributed by atoms with van der Waals surface area (Å²) >= 11 is 5.87. The fourth-order valence-corrected chi connectivity index (χ4v) is 1.79. The monoisotopic (exact) mass is 302 g/mol. The molecule has 1 aliphatic rings. The molecule has 2 heterocycles. The average molecular weight is 303 g/mol. The normalized spacial score (nSPS) is 14.9. The number of morpholine rings is 1. The lowest BCUT2D eigenvalue weighted by Crippen LogP contribution is -2.37. The number of carbonyl (C=O) groups is 1. The van der Waals surface area contributed by atoms with E-state index in [0.29, 0.717) is 44.7 Å². The highest BCUT2D eigenvalue weighted by Gasteiger charge is 2.15. The molecule has 2 rings (SSSR count). The van der Waals surface area contributed by atoms with Gasteiger partial charge in [0.05, 0.1) is 19.8 Å². The van der Waals surface area contributed by atoms with Gasteiger partial charge in [-0.2, -0.15) is 15.0 Å². The van der Waals surface area contributed by atoms with Gasteiger partial charge in [-0.05, 0) is 11.6 Å². The number of anilines is 2. The molecule has 1 aliphatic heterocycles. The lowest BCUT2D eigenvalue weighted by atomic mass is 10.4. The lowest BCUT2D eigenvalue weighted by molar-refractivity contribution is 0.122. The van der Waals surface area contributed by atoms with Crippen molar-refractivity contribution < 1.29 is 14.3 Å². The van der Waals surface area contributed by atoms with E-state index in [1.165, 1.54) is 0 Å². The summed E-state index contributed by atoms with van der Waals surface area (Å²) in [6, 6.07) is 0. The van der Waals surface area contributed by atoms with E-state index in [1.54, 1.807) is 0 Å². The van der Waals surface area contributed by atoms with E-state index in [4.69, 9.17) is 22.1 Å². The average Bonchev–Trinajstić information content (AvgIpc) is 2.44. The highest BCUT2D eigenvalue weighted by atomic mass is 35.5. The summed E-state index contributed by atoms with van der Waals surface area (Å²) in [5.74, 6) is 0.811. The number of amides is 1. The van der Waals surface area contributed by atoms with Gasteiger partial charge in [0.2, 0.25) is 17.2 Å². The molecule has 110 valence electrons. The van der Waals surface area contributed by atoms with Crippen LogP contribution in [0.5, 0.6) is 0 Å². The third-order valence-corrected chi connectivity index (χ3v) is 2.69. The molecular weight excluding hydrogens is 288 g/mol. The third-order valence-electron chi connectivity index (χ3n) is 2.52. The third kappa shape index (κ3) is 4.35. The maximum absolute atomic E-state index is 10.4. The maximum atomic E-state index is 10.4. The fourth-order valence-electron chi connectivity index (χ4n) is 1.64. The molecule has 9 nitrogen and oxygen atoms in total. The van der Waals surface area contributed by atoms with E-state index in [-0.39, 0.29) is 11.9 Å². The minimum atomic E-state index is -0.825. The van der Waals surface area contributed by atoms with Gasteiger partial charge in [0.1, 0.15) is 6.61 Å². The minimum absolute atomic E-state index is 0.0970. The van der Waals surface area contributed by atoms with Gasteiger partial charge in [-0.25, -0.2) is 4.79 Å². The topological polar surface area (TPSA) is 115 Å². The molecule has 0 aromatic carbocycles. The van der Waals surface area contributed by atoms with Crippen LogP contribution >= 0.6 is 11.6 Å². The predicted molar refractivity (Wildman–Crippen MR) is 71.9 cm³/mol. The molecule has 1 fully saturated rings. The van der Waals surface area contributed by atoms with E-state index >= 15 is 0 Å². The fraction of sp³-hybridized carbons (Fsp3) is 0.600. The van der Waals surface area contributed by atoms with Gasteiger partial charge in [-0.3, -0.25) is 0 Å². The van der Waals surface area contributed by atoms with Crippen LogP contribution in [0.25, 0.3) is 0 Å². The van der Waals surface area contributed by atoms with Crippen LogP contribution in [0, 0.1) is 0 Å². The van der Waals surface area contributed by atoms with Crippen LogP contribution in [0.1, 0.15) is 0 Å². The number of rotatable bonds is 5. The molecule has 10 heteroatoms. The zero-order valence-electron chi connectivity index (χ0n) is 10.7. The van der Waals surface area contributed by atoms with Crippen LogP contribution in [0.15, 0.2) is 0 Å². The molecule has 3 N–H and O–H groups in total. The van der Waals surface area contributed by atoms with Gasteiger partial charge in [-0.15, -0.1) is 0 Å². The van der Waals surface area contributed by atoms with Crippen LogP contribution in [-0.2, 0) is 9.47 Å². The molecule has 0 atom stereocenters. The Balaban J connectivity index is 1.95. The van der Waals surface area contributed by atoms with Crippen LogP contribution < -0.4 is 16.0 Å². The first-order valence-corrected chi connectivity index (χ1v) is 6.43. The maximum Gasteiger partial charge on any atom is 0.404 e. The highest BCUT2D eigenvalue weighted by Crippen LogP contribution is 2.14. The summed E-state index contributed by atoms with van der Waals surface area (Å²) in [5, 5.41) is 2.98. The van der Waals surface area contributed by atoms with E-state index in [0.717, 1.165) is 0 Å². The van der Waals surface area contributed by atoms with Gasteiger partial charge < -0.3 is 25.4 Å². The van der Waals surface area contributed by atoms with Crippen LogP contribution in [-0.4, -0.2) is 60.5 Å². The summed E-state index contributed by atoms with van der Waals surface area (Å²) in [7, 11) is 0. The van der Waals surface area contributed by atoms with Crippen LogP contribution in [0.4, 0.5) is 16.7 Å². The van der Waals surface area contributed by atoms with Crippen molar-refractivity contribution in [3.63, 3.8) is 0 Å². The van der Waals surface area contributed by atoms with E-state index in [2.05, 4.69) is 25.0 Å². The second-order valence-corrected chi connectivity index (χ2v) is 4.26. The lowest BCUT2D eigenvalue weighted by Gasteiger charge is -2.26. The van der Waals surface area contributed by atoms with E-state index < -0.39 is 6.09 Å². The Kier molecular flexibility index (Phi) is 5.13. The molecule has 0 unspecified atom stereocenters. The molecule has 20 heavy (non-hydrogen) atoms. The molecule has 0 bridgehead atoms. The zero-order valence-corrected chi connectivity index (χ0v) is 11.5. The van der Waals surface area contributed by atoms with Crippen molar-refractivity contribution >= 4 is 29.6 Å². The van der Waals surface area contributed by atoms with Crippen molar-refractivity contribution in [2.24, 2.45) is 5.73 Å².